The van der Waals surface area contributed by atoms with Crippen LogP contribution in [0.4, 0.5) is 5.95 Å². The maximum atomic E-state index is 11.5. The van der Waals surface area contributed by atoms with Crippen LogP contribution in [0.2, 0.25) is 0 Å². The molecule has 0 saturated heterocycles. The summed E-state index contributed by atoms with van der Waals surface area (Å²) in [6.45, 7) is 0. The largest absolute Gasteiger partial charge is 0.366 e. The Morgan fingerprint density at radius 1 is 1.21 bits per heavy atom. The molecule has 0 spiro atoms. The highest BCUT2D eigenvalue weighted by molar-refractivity contribution is 7.90. The number of hydrogen-bond acceptors (Lipinski definition) is 6. The van der Waals surface area contributed by atoms with Gasteiger partial charge in [-0.1, -0.05) is 0 Å². The summed E-state index contributed by atoms with van der Waals surface area (Å²) in [4.78, 5) is 11.4. The maximum absolute atomic E-state index is 11.5. The highest BCUT2D eigenvalue weighted by Gasteiger charge is 2.12. The molecule has 3 rings (SSSR count). The van der Waals surface area contributed by atoms with Crippen LogP contribution >= 0.6 is 0 Å². The molecule has 0 bridgehead atoms. The highest BCUT2D eigenvalue weighted by atomic mass is 32.2. The van der Waals surface area contributed by atoms with Crippen molar-refractivity contribution in [3.8, 4) is 11.6 Å². The van der Waals surface area contributed by atoms with E-state index in [1.54, 1.807) is 6.07 Å². The second-order valence-electron chi connectivity index (χ2n) is 4.08. The van der Waals surface area contributed by atoms with Crippen molar-refractivity contribution < 1.29 is 8.42 Å². The molecule has 2 aromatic heterocycles. The van der Waals surface area contributed by atoms with Crippen LogP contribution in [0.1, 0.15) is 0 Å². The standard InChI is InChI=1S/C10H10N6O2S/c1-19(17,18)5-2-3-6-7(4-5)13-8(12-6)9-14-10(11)16-15-9/h2-4H,1H3,(H,12,13)(H3,11,14,15,16). The fraction of sp³-hybridized carbons (Fsp3) is 0.100. The fourth-order valence-electron chi connectivity index (χ4n) is 1.71. The number of aromatic amines is 2. The van der Waals surface area contributed by atoms with Crippen molar-refractivity contribution in [2.45, 2.75) is 4.90 Å². The molecule has 0 amide bonds. The molecule has 0 unspecified atom stereocenters. The van der Waals surface area contributed by atoms with Crippen LogP contribution < -0.4 is 5.73 Å². The average molecular weight is 278 g/mol. The number of rotatable bonds is 2. The van der Waals surface area contributed by atoms with E-state index in [1.165, 1.54) is 12.1 Å². The lowest BCUT2D eigenvalue weighted by atomic mass is 10.3. The van der Waals surface area contributed by atoms with Crippen LogP contribution in [-0.2, 0) is 9.84 Å². The van der Waals surface area contributed by atoms with Crippen molar-refractivity contribution in [1.82, 2.24) is 25.1 Å². The number of nitrogens with one attached hydrogen (secondary N) is 2. The van der Waals surface area contributed by atoms with Crippen LogP contribution in [-0.4, -0.2) is 39.8 Å². The summed E-state index contributed by atoms with van der Waals surface area (Å²) in [6.07, 6.45) is 1.16. The van der Waals surface area contributed by atoms with E-state index in [-0.39, 0.29) is 10.8 Å². The van der Waals surface area contributed by atoms with Gasteiger partial charge in [-0.25, -0.2) is 13.4 Å². The molecular formula is C10H10N6O2S. The van der Waals surface area contributed by atoms with E-state index in [2.05, 4.69) is 25.1 Å². The Balaban J connectivity index is 2.16. The number of sulfone groups is 1. The molecule has 0 aliphatic rings. The van der Waals surface area contributed by atoms with Crippen molar-refractivity contribution in [2.24, 2.45) is 0 Å². The van der Waals surface area contributed by atoms with Gasteiger partial charge in [0, 0.05) is 6.26 Å². The monoisotopic (exact) mass is 278 g/mol. The number of H-pyrrole nitrogens is 2. The molecular weight excluding hydrogens is 268 g/mol. The van der Waals surface area contributed by atoms with Crippen molar-refractivity contribution >= 4 is 26.8 Å². The smallest absolute Gasteiger partial charge is 0.239 e. The maximum Gasteiger partial charge on any atom is 0.239 e. The lowest BCUT2D eigenvalue weighted by molar-refractivity contribution is 0.602. The molecule has 0 atom stereocenters. The molecule has 0 aliphatic carbocycles. The van der Waals surface area contributed by atoms with Crippen LogP contribution in [0.5, 0.6) is 0 Å². The minimum absolute atomic E-state index is 0.118. The molecule has 0 fully saturated rings. The molecule has 8 nitrogen and oxygen atoms in total. The minimum atomic E-state index is -3.25. The third kappa shape index (κ3) is 2.03. The Labute approximate surface area is 108 Å². The number of nitrogens with two attached hydrogens (primary N) is 1. The van der Waals surface area contributed by atoms with Gasteiger partial charge in [-0.15, -0.1) is 5.10 Å². The lowest BCUT2D eigenvalue weighted by Gasteiger charge is -1.96. The van der Waals surface area contributed by atoms with E-state index < -0.39 is 9.84 Å². The number of hydrogen-bond donors (Lipinski definition) is 3. The number of imidazole rings is 1. The Hall–Kier alpha value is -2.42. The second-order valence-corrected chi connectivity index (χ2v) is 6.09. The average Bonchev–Trinajstić information content (AvgIpc) is 2.92. The SMILES string of the molecule is CS(=O)(=O)c1ccc2nc(-c3nc(N)n[nH]3)[nH]c2c1. The highest BCUT2D eigenvalue weighted by Crippen LogP contribution is 2.20. The zero-order valence-electron chi connectivity index (χ0n) is 9.88. The summed E-state index contributed by atoms with van der Waals surface area (Å²) in [7, 11) is -3.25. The van der Waals surface area contributed by atoms with Crippen LogP contribution in [0.3, 0.4) is 0 Å². The van der Waals surface area contributed by atoms with Gasteiger partial charge < -0.3 is 10.7 Å². The summed E-state index contributed by atoms with van der Waals surface area (Å²) >= 11 is 0. The Morgan fingerprint density at radius 3 is 2.63 bits per heavy atom. The number of anilines is 1. The molecule has 0 aliphatic heterocycles. The summed E-state index contributed by atoms with van der Waals surface area (Å²) in [6, 6.07) is 4.67. The van der Waals surface area contributed by atoms with E-state index in [0.29, 0.717) is 22.7 Å². The van der Waals surface area contributed by atoms with E-state index in [4.69, 9.17) is 5.73 Å². The molecule has 9 heteroatoms. The van der Waals surface area contributed by atoms with E-state index in [1.807, 2.05) is 0 Å². The van der Waals surface area contributed by atoms with Gasteiger partial charge in [-0.3, -0.25) is 5.10 Å². The first-order valence-corrected chi connectivity index (χ1v) is 7.21. The van der Waals surface area contributed by atoms with Crippen molar-refractivity contribution in [1.29, 1.82) is 0 Å². The van der Waals surface area contributed by atoms with Crippen LogP contribution in [0, 0.1) is 0 Å². The number of benzene rings is 1. The first-order chi connectivity index (χ1) is 8.93. The van der Waals surface area contributed by atoms with Gasteiger partial charge >= 0.3 is 0 Å². The predicted molar refractivity (Wildman–Crippen MR) is 69.0 cm³/mol. The van der Waals surface area contributed by atoms with Crippen molar-refractivity contribution in [3.05, 3.63) is 18.2 Å². The Bertz CT molecular complexity index is 863. The number of fused-ring (bicyclic) bond motifs is 1. The van der Waals surface area contributed by atoms with Gasteiger partial charge in [0.15, 0.2) is 21.5 Å². The number of nitrogens with zero attached hydrogens (tertiary/aromatic N) is 3. The summed E-state index contributed by atoms with van der Waals surface area (Å²) in [5, 5.41) is 6.34. The molecule has 2 heterocycles. The van der Waals surface area contributed by atoms with Gasteiger partial charge in [0.1, 0.15) is 0 Å². The Morgan fingerprint density at radius 2 is 2.00 bits per heavy atom. The summed E-state index contributed by atoms with van der Waals surface area (Å²) < 4.78 is 23.0. The van der Waals surface area contributed by atoms with Crippen molar-refractivity contribution in [2.75, 3.05) is 12.0 Å². The van der Waals surface area contributed by atoms with Gasteiger partial charge in [0.05, 0.1) is 15.9 Å². The van der Waals surface area contributed by atoms with E-state index in [9.17, 15) is 8.42 Å². The van der Waals surface area contributed by atoms with Gasteiger partial charge in [0.25, 0.3) is 0 Å². The quantitative estimate of drug-likeness (QED) is 0.619. The first-order valence-electron chi connectivity index (χ1n) is 5.31. The van der Waals surface area contributed by atoms with Gasteiger partial charge in [-0.2, -0.15) is 4.98 Å². The predicted octanol–water partition coefficient (Wildman–Crippen LogP) is 0.334. The summed E-state index contributed by atoms with van der Waals surface area (Å²) in [5.41, 5.74) is 6.66. The van der Waals surface area contributed by atoms with Crippen LogP contribution in [0.25, 0.3) is 22.7 Å². The zero-order chi connectivity index (χ0) is 13.6. The van der Waals surface area contributed by atoms with Gasteiger partial charge in [-0.05, 0) is 18.2 Å². The second kappa shape index (κ2) is 3.79. The molecule has 19 heavy (non-hydrogen) atoms. The molecule has 98 valence electrons. The molecule has 0 radical (unpaired) electrons. The number of nitrogen functional groups attached to an aromatic ring is 1. The lowest BCUT2D eigenvalue weighted by Crippen LogP contribution is -1.96. The molecule has 1 aromatic carbocycles. The topological polar surface area (TPSA) is 130 Å². The zero-order valence-corrected chi connectivity index (χ0v) is 10.7. The number of aromatic nitrogens is 5. The van der Waals surface area contributed by atoms with Crippen LogP contribution in [0.15, 0.2) is 23.1 Å². The van der Waals surface area contributed by atoms with Gasteiger partial charge in [0.2, 0.25) is 5.95 Å². The van der Waals surface area contributed by atoms with E-state index in [0.717, 1.165) is 6.26 Å². The summed E-state index contributed by atoms with van der Waals surface area (Å²) in [5.74, 6) is 0.965. The molecule has 0 saturated carbocycles. The minimum Gasteiger partial charge on any atom is -0.366 e. The molecule has 3 aromatic rings. The first kappa shape index (κ1) is 11.7. The molecule has 4 N–H and O–H groups in total. The van der Waals surface area contributed by atoms with E-state index >= 15 is 0 Å². The Kier molecular flexibility index (Phi) is 2.32. The fourth-order valence-corrected chi connectivity index (χ4v) is 2.36. The third-order valence-corrected chi connectivity index (χ3v) is 3.72. The third-order valence-electron chi connectivity index (χ3n) is 2.61. The van der Waals surface area contributed by atoms with Crippen molar-refractivity contribution in [3.63, 3.8) is 0 Å². The normalized spacial score (nSPS) is 12.1.